The van der Waals surface area contributed by atoms with E-state index in [1.165, 1.54) is 36.4 Å². The predicted octanol–water partition coefficient (Wildman–Crippen LogP) is 3.80. The van der Waals surface area contributed by atoms with E-state index in [9.17, 15) is 30.8 Å². The van der Waals surface area contributed by atoms with Crippen molar-refractivity contribution in [2.75, 3.05) is 12.9 Å². The molecular weight excluding hydrogens is 428 g/mol. The molecule has 6 nitrogen and oxygen atoms in total. The largest absolute Gasteiger partial charge is 0.468 e. The fraction of sp³-hybridized carbons (Fsp3) is 0.158. The lowest BCUT2D eigenvalue weighted by atomic mass is 10.0. The number of sulfone groups is 1. The molecule has 0 bridgehead atoms. The summed E-state index contributed by atoms with van der Waals surface area (Å²) in [5, 5.41) is 6.45. The molecule has 0 aliphatic rings. The Hall–Kier alpha value is -3.21. The smallest absolute Gasteiger partial charge is 0.453 e. The molecule has 0 amide bonds. The minimum Gasteiger partial charge on any atom is -0.468 e. The van der Waals surface area contributed by atoms with Crippen LogP contribution in [0.1, 0.15) is 0 Å². The molecule has 3 aromatic rings. The Morgan fingerprint density at radius 2 is 1.60 bits per heavy atom. The van der Waals surface area contributed by atoms with Gasteiger partial charge >= 0.3 is 6.18 Å². The van der Waals surface area contributed by atoms with Gasteiger partial charge in [-0.1, -0.05) is 24.3 Å². The molecule has 0 saturated carbocycles. The number of alkyl halides is 3. The average Bonchev–Trinajstić information content (AvgIpc) is 3.09. The van der Waals surface area contributed by atoms with Gasteiger partial charge in [0, 0.05) is 11.8 Å². The third-order valence-corrected chi connectivity index (χ3v) is 5.22. The van der Waals surface area contributed by atoms with Gasteiger partial charge in [0.15, 0.2) is 16.4 Å². The first-order valence-electron chi connectivity index (χ1n) is 8.34. The monoisotopic (exact) mass is 442 g/mol. The second-order valence-corrected chi connectivity index (χ2v) is 8.31. The van der Waals surface area contributed by atoms with Crippen LogP contribution in [0.5, 0.6) is 5.88 Å². The number of ketones is 1. The number of ether oxygens (including phenoxy) is 1. The van der Waals surface area contributed by atoms with E-state index in [0.717, 1.165) is 18.4 Å². The number of nitrogens with one attached hydrogen (secondary N) is 1. The molecule has 0 atom stereocenters. The maximum absolute atomic E-state index is 13.3. The third-order valence-electron chi connectivity index (χ3n) is 4.09. The van der Waals surface area contributed by atoms with E-state index in [4.69, 9.17) is 4.74 Å². The quantitative estimate of drug-likeness (QED) is 0.587. The number of H-pyrrole nitrogens is 1. The number of Topliss-reactive ketones (excluding diaryl/α,β-unsaturated/α-hetero) is 1. The van der Waals surface area contributed by atoms with Gasteiger partial charge in [0.2, 0.25) is 5.88 Å². The van der Waals surface area contributed by atoms with Gasteiger partial charge in [0.25, 0.3) is 5.78 Å². The molecule has 0 unspecified atom stereocenters. The number of hydrogen-bond donors (Lipinski definition) is 1. The second-order valence-electron chi connectivity index (χ2n) is 6.29. The van der Waals surface area contributed by atoms with Gasteiger partial charge in [-0.2, -0.15) is 13.2 Å². The molecule has 0 fully saturated rings. The van der Waals surface area contributed by atoms with Crippen molar-refractivity contribution < 1.29 is 35.5 Å². The molecule has 0 aliphatic heterocycles. The van der Waals surface area contributed by atoms with Crippen LogP contribution in [0.3, 0.4) is 0 Å². The number of carbonyl (C=O) groups is 1. The molecule has 0 spiro atoms. The Bertz CT molecular complexity index is 1170. The highest BCUT2D eigenvalue weighted by molar-refractivity contribution is 7.90. The normalized spacial score (nSPS) is 12.0. The fourth-order valence-electron chi connectivity index (χ4n) is 2.61. The van der Waals surface area contributed by atoms with Crippen molar-refractivity contribution in [1.29, 1.82) is 0 Å². The highest BCUT2D eigenvalue weighted by Crippen LogP contribution is 2.38. The standard InChI is InChI=1S/C19H14F4N2O4S/c1-30(27,28)14-8-4-12(5-9-14)17-16(11-2-6-13(20)7-3-11)18(25-24-17)29-10-15(26)19(21,22)23/h2-9H,10H2,1H3,(H,24,25). The molecule has 1 heterocycles. The predicted molar refractivity (Wildman–Crippen MR) is 99.1 cm³/mol. The van der Waals surface area contributed by atoms with E-state index < -0.39 is 34.2 Å². The number of nitrogens with zero attached hydrogens (tertiary/aromatic N) is 1. The maximum Gasteiger partial charge on any atom is 0.453 e. The molecule has 1 N–H and O–H groups in total. The van der Waals surface area contributed by atoms with Crippen molar-refractivity contribution in [2.45, 2.75) is 11.1 Å². The summed E-state index contributed by atoms with van der Waals surface area (Å²) >= 11 is 0. The summed E-state index contributed by atoms with van der Waals surface area (Å²) in [4.78, 5) is 11.2. The summed E-state index contributed by atoms with van der Waals surface area (Å²) in [6.07, 6.45) is -4.01. The average molecular weight is 442 g/mol. The Morgan fingerprint density at radius 3 is 2.13 bits per heavy atom. The number of aromatic nitrogens is 2. The summed E-state index contributed by atoms with van der Waals surface area (Å²) in [6.45, 7) is -1.28. The molecule has 3 rings (SSSR count). The van der Waals surface area contributed by atoms with Crippen LogP contribution < -0.4 is 4.74 Å². The Morgan fingerprint density at radius 1 is 1.03 bits per heavy atom. The van der Waals surface area contributed by atoms with Crippen molar-refractivity contribution in [3.63, 3.8) is 0 Å². The van der Waals surface area contributed by atoms with E-state index in [1.807, 2.05) is 0 Å². The number of halogens is 4. The summed E-state index contributed by atoms with van der Waals surface area (Å²) in [5.74, 6) is -2.91. The van der Waals surface area contributed by atoms with E-state index in [1.54, 1.807) is 0 Å². The number of carbonyl (C=O) groups excluding carboxylic acids is 1. The summed E-state index contributed by atoms with van der Waals surface area (Å²) in [5.41, 5.74) is 1.29. The van der Waals surface area contributed by atoms with Crippen molar-refractivity contribution >= 4 is 15.6 Å². The van der Waals surface area contributed by atoms with Gasteiger partial charge in [-0.05, 0) is 29.8 Å². The van der Waals surface area contributed by atoms with E-state index >= 15 is 0 Å². The molecule has 0 radical (unpaired) electrons. The first-order chi connectivity index (χ1) is 14.0. The molecule has 30 heavy (non-hydrogen) atoms. The molecule has 0 aliphatic carbocycles. The van der Waals surface area contributed by atoms with E-state index in [-0.39, 0.29) is 22.0 Å². The zero-order valence-electron chi connectivity index (χ0n) is 15.3. The Labute approximate surface area is 168 Å². The van der Waals surface area contributed by atoms with Crippen LogP contribution in [0.2, 0.25) is 0 Å². The topological polar surface area (TPSA) is 89.1 Å². The lowest BCUT2D eigenvalue weighted by molar-refractivity contribution is -0.173. The molecule has 2 aromatic carbocycles. The van der Waals surface area contributed by atoms with Crippen LogP contribution in [0, 0.1) is 5.82 Å². The maximum atomic E-state index is 13.3. The van der Waals surface area contributed by atoms with Gasteiger partial charge in [0.05, 0.1) is 16.2 Å². The van der Waals surface area contributed by atoms with E-state index in [2.05, 4.69) is 10.2 Å². The minimum absolute atomic E-state index is 0.0707. The van der Waals surface area contributed by atoms with Crippen molar-refractivity contribution in [3.8, 4) is 28.3 Å². The zero-order valence-corrected chi connectivity index (χ0v) is 16.1. The van der Waals surface area contributed by atoms with Crippen LogP contribution in [-0.4, -0.2) is 43.4 Å². The molecule has 11 heteroatoms. The zero-order chi connectivity index (χ0) is 22.1. The molecule has 0 saturated heterocycles. The van der Waals surface area contributed by atoms with Gasteiger partial charge in [-0.25, -0.2) is 12.8 Å². The van der Waals surface area contributed by atoms with Gasteiger partial charge in [0.1, 0.15) is 5.82 Å². The molecular formula is C19H14F4N2O4S. The summed E-state index contributed by atoms with van der Waals surface area (Å²) < 4.78 is 79.0. The second kappa shape index (κ2) is 7.90. The Kier molecular flexibility index (Phi) is 5.66. The van der Waals surface area contributed by atoms with Crippen LogP contribution in [0.4, 0.5) is 17.6 Å². The summed E-state index contributed by atoms with van der Waals surface area (Å²) in [7, 11) is -3.43. The Balaban J connectivity index is 2.04. The van der Waals surface area contributed by atoms with Crippen LogP contribution in [0.25, 0.3) is 22.4 Å². The highest BCUT2D eigenvalue weighted by atomic mass is 32.2. The minimum atomic E-state index is -5.06. The number of rotatable bonds is 6. The number of benzene rings is 2. The van der Waals surface area contributed by atoms with Crippen molar-refractivity contribution in [1.82, 2.24) is 10.2 Å². The van der Waals surface area contributed by atoms with Crippen molar-refractivity contribution in [3.05, 3.63) is 54.3 Å². The van der Waals surface area contributed by atoms with E-state index in [0.29, 0.717) is 11.1 Å². The first kappa shape index (κ1) is 21.5. The van der Waals surface area contributed by atoms with Crippen molar-refractivity contribution in [2.24, 2.45) is 0 Å². The van der Waals surface area contributed by atoms with Crippen LogP contribution >= 0.6 is 0 Å². The fourth-order valence-corrected chi connectivity index (χ4v) is 3.24. The van der Waals surface area contributed by atoms with Crippen LogP contribution in [-0.2, 0) is 14.6 Å². The third kappa shape index (κ3) is 4.67. The van der Waals surface area contributed by atoms with Crippen LogP contribution in [0.15, 0.2) is 53.4 Å². The number of aromatic amines is 1. The van der Waals surface area contributed by atoms with Gasteiger partial charge in [-0.3, -0.25) is 9.89 Å². The van der Waals surface area contributed by atoms with Gasteiger partial charge in [-0.15, -0.1) is 5.10 Å². The molecule has 158 valence electrons. The lowest BCUT2D eigenvalue weighted by Gasteiger charge is -2.09. The van der Waals surface area contributed by atoms with Gasteiger partial charge < -0.3 is 4.74 Å². The lowest BCUT2D eigenvalue weighted by Crippen LogP contribution is -2.28. The number of hydrogen-bond acceptors (Lipinski definition) is 5. The highest BCUT2D eigenvalue weighted by Gasteiger charge is 2.39. The SMILES string of the molecule is CS(=O)(=O)c1ccc(-c2[nH]nc(OCC(=O)C(F)(F)F)c2-c2ccc(F)cc2)cc1. The first-order valence-corrected chi connectivity index (χ1v) is 10.2. The summed E-state index contributed by atoms with van der Waals surface area (Å²) in [6, 6.07) is 10.7. The molecule has 1 aromatic heterocycles.